The van der Waals surface area contributed by atoms with Crippen LogP contribution in [0, 0.1) is 25.2 Å². The lowest BCUT2D eigenvalue weighted by molar-refractivity contribution is 0.832. The van der Waals surface area contributed by atoms with Crippen molar-refractivity contribution < 1.29 is 0 Å². The molecule has 3 heterocycles. The van der Waals surface area contributed by atoms with Gasteiger partial charge in [-0.15, -0.1) is 0 Å². The third-order valence-electron chi connectivity index (χ3n) is 4.18. The van der Waals surface area contributed by atoms with E-state index in [1.54, 1.807) is 29.9 Å². The Labute approximate surface area is 158 Å². The zero-order valence-electron chi connectivity index (χ0n) is 14.5. The third-order valence-corrected chi connectivity index (χ3v) is 4.48. The van der Waals surface area contributed by atoms with Crippen molar-refractivity contribution >= 4 is 22.8 Å². The molecule has 1 aromatic carbocycles. The third kappa shape index (κ3) is 2.86. The predicted molar refractivity (Wildman–Crippen MR) is 102 cm³/mol. The fraction of sp³-hybridized carbons (Fsp3) is 0.105. The number of hydrogen-bond donors (Lipinski definition) is 1. The van der Waals surface area contributed by atoms with Crippen molar-refractivity contribution in [3.63, 3.8) is 0 Å². The number of H-pyrrole nitrogens is 1. The average molecular weight is 377 g/mol. The highest BCUT2D eigenvalue weighted by Gasteiger charge is 2.17. The molecule has 27 heavy (non-hydrogen) atoms. The molecular weight excluding hydrogens is 364 g/mol. The van der Waals surface area contributed by atoms with Crippen LogP contribution in [0.1, 0.15) is 16.8 Å². The van der Waals surface area contributed by atoms with Gasteiger partial charge in [0.05, 0.1) is 16.3 Å². The number of fused-ring (bicyclic) bond motifs is 1. The van der Waals surface area contributed by atoms with E-state index in [-0.39, 0.29) is 10.9 Å². The van der Waals surface area contributed by atoms with E-state index in [4.69, 9.17) is 11.6 Å². The van der Waals surface area contributed by atoms with E-state index < -0.39 is 0 Å². The highest BCUT2D eigenvalue weighted by Crippen LogP contribution is 2.30. The van der Waals surface area contributed by atoms with Crippen LogP contribution in [0.5, 0.6) is 0 Å². The number of benzene rings is 1. The van der Waals surface area contributed by atoms with Crippen LogP contribution in [0.15, 0.2) is 41.5 Å². The van der Waals surface area contributed by atoms with E-state index in [2.05, 4.69) is 26.1 Å². The summed E-state index contributed by atoms with van der Waals surface area (Å²) >= 11 is 6.28. The Bertz CT molecular complexity index is 1270. The molecule has 3 aromatic heterocycles. The molecule has 0 saturated carbocycles. The minimum Gasteiger partial charge on any atom is -0.345 e. The quantitative estimate of drug-likeness (QED) is 0.578. The van der Waals surface area contributed by atoms with Gasteiger partial charge in [-0.2, -0.15) is 10.4 Å². The molecule has 1 N–H and O–H groups in total. The van der Waals surface area contributed by atoms with Gasteiger partial charge in [0.25, 0.3) is 0 Å². The predicted octanol–water partition coefficient (Wildman–Crippen LogP) is 3.31. The monoisotopic (exact) mass is 376 g/mol. The van der Waals surface area contributed by atoms with E-state index in [1.807, 2.05) is 13.0 Å². The molecule has 0 amide bonds. The highest BCUT2D eigenvalue weighted by molar-refractivity contribution is 6.32. The molecule has 4 aromatic rings. The molecule has 8 heteroatoms. The molecule has 0 spiro atoms. The molecule has 0 aliphatic carbocycles. The van der Waals surface area contributed by atoms with Crippen LogP contribution in [-0.4, -0.2) is 24.7 Å². The second kappa shape index (κ2) is 6.34. The van der Waals surface area contributed by atoms with Crippen LogP contribution in [0.4, 0.5) is 0 Å². The van der Waals surface area contributed by atoms with Gasteiger partial charge in [-0.25, -0.2) is 14.6 Å². The molecule has 0 aliphatic rings. The lowest BCUT2D eigenvalue weighted by atomic mass is 10.0. The minimum absolute atomic E-state index is 0.221. The first-order valence-electron chi connectivity index (χ1n) is 8.10. The van der Waals surface area contributed by atoms with E-state index in [1.165, 1.54) is 12.3 Å². The SMILES string of the molecule is Cc1ccn(-c2nc3[nH]ccc(=O)c3nc2-c2cc(C)c(C#N)c(Cl)c2)n1. The summed E-state index contributed by atoms with van der Waals surface area (Å²) in [5.41, 5.74) is 3.39. The Morgan fingerprint density at radius 1 is 1.22 bits per heavy atom. The van der Waals surface area contributed by atoms with Crippen LogP contribution in [0.25, 0.3) is 28.2 Å². The molecule has 0 fully saturated rings. The maximum atomic E-state index is 12.2. The molecule has 0 atom stereocenters. The number of aromatic amines is 1. The van der Waals surface area contributed by atoms with Crippen LogP contribution in [-0.2, 0) is 0 Å². The van der Waals surface area contributed by atoms with E-state index >= 15 is 0 Å². The number of halogens is 1. The van der Waals surface area contributed by atoms with Gasteiger partial charge < -0.3 is 4.98 Å². The zero-order chi connectivity index (χ0) is 19.1. The first-order valence-corrected chi connectivity index (χ1v) is 8.48. The first-order chi connectivity index (χ1) is 13.0. The lowest BCUT2D eigenvalue weighted by Gasteiger charge is -2.11. The summed E-state index contributed by atoms with van der Waals surface area (Å²) < 4.78 is 1.60. The van der Waals surface area contributed by atoms with Crippen LogP contribution in [0.2, 0.25) is 5.02 Å². The normalized spacial score (nSPS) is 10.9. The summed E-state index contributed by atoms with van der Waals surface area (Å²) in [4.78, 5) is 24.3. The topological polar surface area (TPSA) is 100 Å². The fourth-order valence-corrected chi connectivity index (χ4v) is 3.19. The zero-order valence-corrected chi connectivity index (χ0v) is 15.2. The van der Waals surface area contributed by atoms with Crippen LogP contribution < -0.4 is 5.43 Å². The molecule has 0 saturated heterocycles. The lowest BCUT2D eigenvalue weighted by Crippen LogP contribution is -2.10. The standard InChI is InChI=1S/C19H13ClN6O/c1-10-7-12(8-14(20)13(10)9-21)16-19(26-6-4-11(2)25-26)24-18-17(23-16)15(27)3-5-22-18/h3-8H,1-2H3,(H,22,24,27). The Morgan fingerprint density at radius 2 is 2.04 bits per heavy atom. The number of nitriles is 1. The van der Waals surface area contributed by atoms with Crippen LogP contribution in [0.3, 0.4) is 0 Å². The van der Waals surface area contributed by atoms with E-state index in [0.717, 1.165) is 5.69 Å². The molecule has 0 unspecified atom stereocenters. The molecule has 0 aliphatic heterocycles. The molecule has 7 nitrogen and oxygen atoms in total. The van der Waals surface area contributed by atoms with E-state index in [9.17, 15) is 10.1 Å². The number of aromatic nitrogens is 5. The van der Waals surface area contributed by atoms with Gasteiger partial charge >= 0.3 is 0 Å². The van der Waals surface area contributed by atoms with Gasteiger partial charge in [-0.3, -0.25) is 4.79 Å². The summed E-state index contributed by atoms with van der Waals surface area (Å²) in [5, 5.41) is 14.0. The Hall–Kier alpha value is -3.50. The fourth-order valence-electron chi connectivity index (χ4n) is 2.88. The Morgan fingerprint density at radius 3 is 2.70 bits per heavy atom. The second-order valence-corrected chi connectivity index (χ2v) is 6.51. The maximum absolute atomic E-state index is 12.2. The van der Waals surface area contributed by atoms with Crippen molar-refractivity contribution in [2.45, 2.75) is 13.8 Å². The first kappa shape index (κ1) is 16.9. The second-order valence-electron chi connectivity index (χ2n) is 6.10. The molecule has 0 radical (unpaired) electrons. The molecule has 0 bridgehead atoms. The summed E-state index contributed by atoms with van der Waals surface area (Å²) in [6.45, 7) is 3.67. The number of nitrogens with one attached hydrogen (secondary N) is 1. The smallest absolute Gasteiger partial charge is 0.209 e. The summed E-state index contributed by atoms with van der Waals surface area (Å²) in [6, 6.07) is 8.79. The molecule has 132 valence electrons. The Kier molecular flexibility index (Phi) is 3.98. The van der Waals surface area contributed by atoms with Crippen molar-refractivity contribution in [2.24, 2.45) is 0 Å². The van der Waals surface area contributed by atoms with Gasteiger partial charge in [-0.05, 0) is 37.6 Å². The minimum atomic E-state index is -0.239. The van der Waals surface area contributed by atoms with Crippen molar-refractivity contribution in [2.75, 3.05) is 0 Å². The van der Waals surface area contributed by atoms with E-state index in [0.29, 0.717) is 38.9 Å². The highest BCUT2D eigenvalue weighted by atomic mass is 35.5. The average Bonchev–Trinajstić information content (AvgIpc) is 3.07. The van der Waals surface area contributed by atoms with Gasteiger partial charge in [-0.1, -0.05) is 11.6 Å². The van der Waals surface area contributed by atoms with Gasteiger partial charge in [0.1, 0.15) is 11.8 Å². The van der Waals surface area contributed by atoms with Gasteiger partial charge in [0.2, 0.25) is 5.43 Å². The summed E-state index contributed by atoms with van der Waals surface area (Å²) in [7, 11) is 0. The largest absolute Gasteiger partial charge is 0.345 e. The van der Waals surface area contributed by atoms with Gasteiger partial charge in [0, 0.05) is 24.0 Å². The number of aryl methyl sites for hydroxylation is 2. The van der Waals surface area contributed by atoms with Gasteiger partial charge in [0.15, 0.2) is 17.0 Å². The Balaban J connectivity index is 2.08. The van der Waals surface area contributed by atoms with Crippen molar-refractivity contribution in [1.29, 1.82) is 5.26 Å². The number of hydrogen-bond acceptors (Lipinski definition) is 5. The molecular formula is C19H13ClN6O. The summed E-state index contributed by atoms with van der Waals surface area (Å²) in [5.74, 6) is 0.456. The van der Waals surface area contributed by atoms with Crippen molar-refractivity contribution in [1.82, 2.24) is 24.7 Å². The molecule has 4 rings (SSSR count). The number of pyridine rings is 1. The number of nitrogens with zero attached hydrogens (tertiary/aromatic N) is 5. The van der Waals surface area contributed by atoms with Crippen molar-refractivity contribution in [3.8, 4) is 23.1 Å². The maximum Gasteiger partial charge on any atom is 0.209 e. The van der Waals surface area contributed by atoms with Crippen molar-refractivity contribution in [3.05, 3.63) is 68.7 Å². The van der Waals surface area contributed by atoms with Crippen LogP contribution >= 0.6 is 11.6 Å². The summed E-state index contributed by atoms with van der Waals surface area (Å²) in [6.07, 6.45) is 3.30. The number of rotatable bonds is 2.